The van der Waals surface area contributed by atoms with Crippen LogP contribution < -0.4 is 9.47 Å². The summed E-state index contributed by atoms with van der Waals surface area (Å²) in [5, 5.41) is 9.75. The number of halogens is 1. The Balaban J connectivity index is 1.98. The van der Waals surface area contributed by atoms with Crippen molar-refractivity contribution in [1.29, 1.82) is 0 Å². The van der Waals surface area contributed by atoms with Gasteiger partial charge in [-0.3, -0.25) is 0 Å². The molecule has 2 rings (SSSR count). The predicted molar refractivity (Wildman–Crippen MR) is 86.7 cm³/mol. The lowest BCUT2D eigenvalue weighted by Gasteiger charge is -2.11. The molecule has 1 N–H and O–H groups in total. The molecule has 1 unspecified atom stereocenters. The maximum absolute atomic E-state index is 9.75. The van der Waals surface area contributed by atoms with Gasteiger partial charge in [-0.1, -0.05) is 25.1 Å². The average molecular weight is 351 g/mol. The van der Waals surface area contributed by atoms with Gasteiger partial charge in [0.15, 0.2) is 0 Å². The Morgan fingerprint density at radius 1 is 1.14 bits per heavy atom. The van der Waals surface area contributed by atoms with E-state index in [1.54, 1.807) is 7.11 Å². The van der Waals surface area contributed by atoms with Gasteiger partial charge in [0.2, 0.25) is 0 Å². The van der Waals surface area contributed by atoms with Gasteiger partial charge < -0.3 is 14.6 Å². The van der Waals surface area contributed by atoms with Gasteiger partial charge in [-0.05, 0) is 57.7 Å². The second-order valence-corrected chi connectivity index (χ2v) is 5.60. The Morgan fingerprint density at radius 3 is 2.43 bits per heavy atom. The Hall–Kier alpha value is -1.52. The van der Waals surface area contributed by atoms with Crippen LogP contribution in [0.25, 0.3) is 0 Å². The summed E-state index contributed by atoms with van der Waals surface area (Å²) in [4.78, 5) is 0. The van der Waals surface area contributed by atoms with E-state index in [9.17, 15) is 5.11 Å². The maximum atomic E-state index is 9.75. The normalized spacial score (nSPS) is 12.0. The summed E-state index contributed by atoms with van der Waals surface area (Å²) in [6.45, 7) is 2.44. The number of methoxy groups -OCH3 is 1. The lowest BCUT2D eigenvalue weighted by atomic mass is 10.1. The fourth-order valence-corrected chi connectivity index (χ4v) is 2.58. The maximum Gasteiger partial charge on any atom is 0.133 e. The minimum absolute atomic E-state index is 0.406. The SMILES string of the molecule is CCC(O)c1ccc(OCc2ccc(OC)c(Br)c2)cc1. The first-order valence-electron chi connectivity index (χ1n) is 6.87. The first kappa shape index (κ1) is 15.9. The quantitative estimate of drug-likeness (QED) is 0.834. The first-order valence-corrected chi connectivity index (χ1v) is 7.66. The summed E-state index contributed by atoms with van der Waals surface area (Å²) in [6.07, 6.45) is 0.302. The summed E-state index contributed by atoms with van der Waals surface area (Å²) >= 11 is 3.46. The molecule has 112 valence electrons. The number of hydrogen-bond donors (Lipinski definition) is 1. The second-order valence-electron chi connectivity index (χ2n) is 4.75. The summed E-state index contributed by atoms with van der Waals surface area (Å²) in [5.41, 5.74) is 1.97. The number of benzene rings is 2. The van der Waals surface area contributed by atoms with E-state index in [0.29, 0.717) is 13.0 Å². The van der Waals surface area contributed by atoms with Crippen molar-refractivity contribution in [1.82, 2.24) is 0 Å². The largest absolute Gasteiger partial charge is 0.496 e. The lowest BCUT2D eigenvalue weighted by Crippen LogP contribution is -1.98. The molecule has 4 heteroatoms. The third-order valence-corrected chi connectivity index (χ3v) is 3.89. The number of aliphatic hydroxyl groups excluding tert-OH is 1. The van der Waals surface area contributed by atoms with E-state index in [1.807, 2.05) is 49.4 Å². The third kappa shape index (κ3) is 4.22. The minimum atomic E-state index is -0.406. The third-order valence-electron chi connectivity index (χ3n) is 3.27. The van der Waals surface area contributed by atoms with Crippen LogP contribution in [0.3, 0.4) is 0 Å². The standard InChI is InChI=1S/C17H19BrO3/c1-3-16(19)13-5-7-14(8-6-13)21-11-12-4-9-17(20-2)15(18)10-12/h4-10,16,19H,3,11H2,1-2H3. The Morgan fingerprint density at radius 2 is 1.86 bits per heavy atom. The molecular formula is C17H19BrO3. The fraction of sp³-hybridized carbons (Fsp3) is 0.294. The topological polar surface area (TPSA) is 38.7 Å². The van der Waals surface area contributed by atoms with Gasteiger partial charge in [-0.2, -0.15) is 0 Å². The van der Waals surface area contributed by atoms with Gasteiger partial charge in [-0.15, -0.1) is 0 Å². The average Bonchev–Trinajstić information content (AvgIpc) is 2.52. The fourth-order valence-electron chi connectivity index (χ4n) is 1.99. The zero-order valence-electron chi connectivity index (χ0n) is 12.2. The number of aliphatic hydroxyl groups is 1. The number of ether oxygens (including phenoxy) is 2. The van der Waals surface area contributed by atoms with Crippen molar-refractivity contribution in [3.8, 4) is 11.5 Å². The summed E-state index contributed by atoms with van der Waals surface area (Å²) in [5.74, 6) is 1.59. The van der Waals surface area contributed by atoms with Crippen molar-refractivity contribution in [2.75, 3.05) is 7.11 Å². The van der Waals surface area contributed by atoms with Crippen LogP contribution >= 0.6 is 15.9 Å². The van der Waals surface area contributed by atoms with Gasteiger partial charge >= 0.3 is 0 Å². The molecule has 3 nitrogen and oxygen atoms in total. The molecule has 1 atom stereocenters. The van der Waals surface area contributed by atoms with Crippen molar-refractivity contribution >= 4 is 15.9 Å². The molecule has 0 aliphatic heterocycles. The van der Waals surface area contributed by atoms with E-state index in [2.05, 4.69) is 15.9 Å². The monoisotopic (exact) mass is 350 g/mol. The molecule has 0 radical (unpaired) electrons. The molecular weight excluding hydrogens is 332 g/mol. The van der Waals surface area contributed by atoms with Crippen LogP contribution in [0, 0.1) is 0 Å². The van der Waals surface area contributed by atoms with Crippen molar-refractivity contribution in [2.45, 2.75) is 26.1 Å². The Bertz CT molecular complexity index is 581. The van der Waals surface area contributed by atoms with Crippen LogP contribution in [0.1, 0.15) is 30.6 Å². The molecule has 2 aromatic carbocycles. The lowest BCUT2D eigenvalue weighted by molar-refractivity contribution is 0.173. The number of rotatable bonds is 6. The molecule has 0 aromatic heterocycles. The van der Waals surface area contributed by atoms with E-state index in [-0.39, 0.29) is 0 Å². The van der Waals surface area contributed by atoms with Gasteiger partial charge in [0.1, 0.15) is 18.1 Å². The molecule has 0 aliphatic carbocycles. The molecule has 0 amide bonds. The van der Waals surface area contributed by atoms with E-state index in [0.717, 1.165) is 27.1 Å². The van der Waals surface area contributed by atoms with E-state index in [4.69, 9.17) is 9.47 Å². The van der Waals surface area contributed by atoms with Gasteiger partial charge in [0.25, 0.3) is 0 Å². The summed E-state index contributed by atoms with van der Waals surface area (Å²) in [6, 6.07) is 13.4. The van der Waals surface area contributed by atoms with Crippen LogP contribution in [0.4, 0.5) is 0 Å². The molecule has 0 aliphatic rings. The highest BCUT2D eigenvalue weighted by molar-refractivity contribution is 9.10. The van der Waals surface area contributed by atoms with Crippen LogP contribution in [0.2, 0.25) is 0 Å². The van der Waals surface area contributed by atoms with Crippen molar-refractivity contribution in [3.05, 3.63) is 58.1 Å². The molecule has 0 saturated carbocycles. The van der Waals surface area contributed by atoms with Gasteiger partial charge in [0, 0.05) is 0 Å². The van der Waals surface area contributed by atoms with Crippen LogP contribution in [0.5, 0.6) is 11.5 Å². The zero-order valence-corrected chi connectivity index (χ0v) is 13.8. The Kier molecular flexibility index (Phi) is 5.65. The van der Waals surface area contributed by atoms with Crippen LogP contribution in [0.15, 0.2) is 46.9 Å². The highest BCUT2D eigenvalue weighted by Crippen LogP contribution is 2.26. The zero-order chi connectivity index (χ0) is 15.2. The Labute approximate surface area is 133 Å². The highest BCUT2D eigenvalue weighted by atomic mass is 79.9. The van der Waals surface area contributed by atoms with Crippen molar-refractivity contribution < 1.29 is 14.6 Å². The van der Waals surface area contributed by atoms with Crippen molar-refractivity contribution in [3.63, 3.8) is 0 Å². The van der Waals surface area contributed by atoms with E-state index >= 15 is 0 Å². The minimum Gasteiger partial charge on any atom is -0.496 e. The predicted octanol–water partition coefficient (Wildman–Crippen LogP) is 4.48. The van der Waals surface area contributed by atoms with Crippen LogP contribution in [-0.4, -0.2) is 12.2 Å². The van der Waals surface area contributed by atoms with Crippen LogP contribution in [-0.2, 0) is 6.61 Å². The van der Waals surface area contributed by atoms with E-state index in [1.165, 1.54) is 0 Å². The molecule has 0 spiro atoms. The molecule has 21 heavy (non-hydrogen) atoms. The first-order chi connectivity index (χ1) is 10.1. The van der Waals surface area contributed by atoms with E-state index < -0.39 is 6.10 Å². The van der Waals surface area contributed by atoms with Crippen molar-refractivity contribution in [2.24, 2.45) is 0 Å². The molecule has 2 aromatic rings. The van der Waals surface area contributed by atoms with Gasteiger partial charge in [-0.25, -0.2) is 0 Å². The summed E-state index contributed by atoms with van der Waals surface area (Å²) < 4.78 is 11.9. The molecule has 0 bridgehead atoms. The molecule has 0 saturated heterocycles. The second kappa shape index (κ2) is 7.48. The molecule has 0 fully saturated rings. The van der Waals surface area contributed by atoms with Gasteiger partial charge in [0.05, 0.1) is 17.7 Å². The highest BCUT2D eigenvalue weighted by Gasteiger charge is 2.05. The smallest absolute Gasteiger partial charge is 0.133 e. The number of hydrogen-bond acceptors (Lipinski definition) is 3. The summed E-state index contributed by atoms with van der Waals surface area (Å²) in [7, 11) is 1.64. The molecule has 0 heterocycles.